The van der Waals surface area contributed by atoms with Gasteiger partial charge in [0.2, 0.25) is 5.91 Å². The van der Waals surface area contributed by atoms with E-state index in [0.717, 1.165) is 48.1 Å². The van der Waals surface area contributed by atoms with Crippen LogP contribution in [0.4, 0.5) is 5.69 Å². The van der Waals surface area contributed by atoms with Crippen LogP contribution in [0, 0.1) is 0 Å². The van der Waals surface area contributed by atoms with Crippen molar-refractivity contribution in [2.24, 2.45) is 0 Å². The number of halogens is 2. The molecule has 6 nitrogen and oxygen atoms in total. The average molecular weight is 477 g/mol. The van der Waals surface area contributed by atoms with Crippen molar-refractivity contribution in [1.82, 2.24) is 14.9 Å². The van der Waals surface area contributed by atoms with Crippen LogP contribution >= 0.6 is 35.0 Å². The maximum absolute atomic E-state index is 12.8. The second kappa shape index (κ2) is 10.1. The number of rotatable bonds is 6. The number of carbonyl (C=O) groups excluding carboxylic acids is 1. The van der Waals surface area contributed by atoms with Crippen molar-refractivity contribution in [3.8, 4) is 0 Å². The molecule has 1 unspecified atom stereocenters. The molecule has 1 aromatic heterocycles. The summed E-state index contributed by atoms with van der Waals surface area (Å²) in [6.07, 6.45) is 0. The molecule has 1 saturated heterocycles. The predicted molar refractivity (Wildman–Crippen MR) is 126 cm³/mol. The molecule has 2 heterocycles. The number of thioether (sulfide) groups is 1. The summed E-state index contributed by atoms with van der Waals surface area (Å²) in [6, 6.07) is 13.0. The van der Waals surface area contributed by atoms with Crippen LogP contribution in [0.5, 0.6) is 0 Å². The highest BCUT2D eigenvalue weighted by atomic mass is 35.5. The molecule has 1 N–H and O–H groups in total. The zero-order valence-electron chi connectivity index (χ0n) is 17.0. The number of anilines is 1. The lowest BCUT2D eigenvalue weighted by molar-refractivity contribution is -0.115. The fraction of sp³-hybridized carbons (Fsp3) is 0.318. The highest BCUT2D eigenvalue weighted by Crippen LogP contribution is 2.32. The number of ether oxygens (including phenoxy) is 1. The Hall–Kier alpha value is -1.90. The Balaban J connectivity index is 1.54. The Labute approximate surface area is 195 Å². The van der Waals surface area contributed by atoms with Crippen LogP contribution in [0.1, 0.15) is 12.7 Å². The summed E-state index contributed by atoms with van der Waals surface area (Å²) in [5.74, 6) is 0.570. The second-order valence-electron chi connectivity index (χ2n) is 7.20. The van der Waals surface area contributed by atoms with Gasteiger partial charge in [-0.25, -0.2) is 9.97 Å². The van der Waals surface area contributed by atoms with Crippen LogP contribution in [-0.2, 0) is 16.1 Å². The molecule has 1 fully saturated rings. The van der Waals surface area contributed by atoms with E-state index in [0.29, 0.717) is 22.3 Å². The van der Waals surface area contributed by atoms with E-state index >= 15 is 0 Å². The molecule has 4 rings (SSSR count). The van der Waals surface area contributed by atoms with Gasteiger partial charge in [-0.05, 0) is 25.1 Å². The molecule has 162 valence electrons. The van der Waals surface area contributed by atoms with E-state index in [-0.39, 0.29) is 5.91 Å². The summed E-state index contributed by atoms with van der Waals surface area (Å²) in [4.78, 5) is 24.6. The Morgan fingerprint density at radius 3 is 2.74 bits per heavy atom. The highest BCUT2D eigenvalue weighted by Gasteiger charge is 2.20. The minimum atomic E-state index is -0.399. The molecule has 0 radical (unpaired) electrons. The second-order valence-corrected chi connectivity index (χ2v) is 9.32. The maximum atomic E-state index is 12.8. The molecule has 31 heavy (non-hydrogen) atoms. The fourth-order valence-electron chi connectivity index (χ4n) is 3.27. The number of aromatic nitrogens is 2. The molecule has 1 aliphatic heterocycles. The third-order valence-corrected chi connectivity index (χ3v) is 6.87. The summed E-state index contributed by atoms with van der Waals surface area (Å²) in [7, 11) is 0. The first kappa shape index (κ1) is 22.3. The number of nitrogens with one attached hydrogen (secondary N) is 1. The summed E-state index contributed by atoms with van der Waals surface area (Å²) in [5, 5.41) is 4.90. The van der Waals surface area contributed by atoms with Crippen LogP contribution in [0.3, 0.4) is 0 Å². The molecule has 0 spiro atoms. The topological polar surface area (TPSA) is 67.3 Å². The van der Waals surface area contributed by atoms with Crippen molar-refractivity contribution in [3.63, 3.8) is 0 Å². The third-order valence-electron chi connectivity index (χ3n) is 4.95. The molecule has 0 aliphatic carbocycles. The van der Waals surface area contributed by atoms with Gasteiger partial charge in [-0.15, -0.1) is 0 Å². The number of amides is 1. The Bertz CT molecular complexity index is 1090. The van der Waals surface area contributed by atoms with Gasteiger partial charge in [0.15, 0.2) is 0 Å². The third kappa shape index (κ3) is 5.48. The van der Waals surface area contributed by atoms with Gasteiger partial charge >= 0.3 is 0 Å². The van der Waals surface area contributed by atoms with Crippen LogP contribution in [-0.4, -0.2) is 52.3 Å². The lowest BCUT2D eigenvalue weighted by Gasteiger charge is -2.26. The average Bonchev–Trinajstić information content (AvgIpc) is 2.77. The summed E-state index contributed by atoms with van der Waals surface area (Å²) in [6.45, 7) is 5.66. The van der Waals surface area contributed by atoms with E-state index in [1.807, 2.05) is 31.2 Å². The number of para-hydroxylation sites is 1. The molecule has 9 heteroatoms. The molecule has 1 amide bonds. The molecule has 1 aliphatic rings. The van der Waals surface area contributed by atoms with Crippen LogP contribution in [0.2, 0.25) is 10.0 Å². The van der Waals surface area contributed by atoms with E-state index in [9.17, 15) is 4.79 Å². The highest BCUT2D eigenvalue weighted by molar-refractivity contribution is 8.00. The van der Waals surface area contributed by atoms with Gasteiger partial charge in [0, 0.05) is 18.5 Å². The van der Waals surface area contributed by atoms with Crippen LogP contribution in [0.15, 0.2) is 47.5 Å². The monoisotopic (exact) mass is 476 g/mol. The van der Waals surface area contributed by atoms with Crippen molar-refractivity contribution in [1.29, 1.82) is 0 Å². The molecule has 1 atom stereocenters. The number of fused-ring (bicyclic) bond motifs is 1. The zero-order valence-corrected chi connectivity index (χ0v) is 19.3. The quantitative estimate of drug-likeness (QED) is 0.403. The van der Waals surface area contributed by atoms with Gasteiger partial charge in [-0.2, -0.15) is 0 Å². The van der Waals surface area contributed by atoms with Gasteiger partial charge in [-0.3, -0.25) is 9.69 Å². The Kier molecular flexibility index (Phi) is 7.30. The SMILES string of the molecule is CC(Sc1nc(CN2CCOCC2)nc2ccccc12)C(=O)Nc1cccc(Cl)c1Cl. The van der Waals surface area contributed by atoms with Gasteiger partial charge in [-0.1, -0.05) is 59.2 Å². The number of hydrogen-bond donors (Lipinski definition) is 1. The van der Waals surface area contributed by atoms with E-state index in [1.54, 1.807) is 18.2 Å². The lowest BCUT2D eigenvalue weighted by atomic mass is 10.2. The molecule has 0 bridgehead atoms. The van der Waals surface area contributed by atoms with Gasteiger partial charge in [0.05, 0.1) is 46.3 Å². The van der Waals surface area contributed by atoms with E-state index in [4.69, 9.17) is 37.9 Å². The van der Waals surface area contributed by atoms with Crippen LogP contribution in [0.25, 0.3) is 10.9 Å². The summed E-state index contributed by atoms with van der Waals surface area (Å²) >= 11 is 13.7. The molecular formula is C22H22Cl2N4O2S. The van der Waals surface area contributed by atoms with E-state index < -0.39 is 5.25 Å². The first-order valence-corrected chi connectivity index (χ1v) is 11.6. The first-order valence-electron chi connectivity index (χ1n) is 9.98. The largest absolute Gasteiger partial charge is 0.379 e. The van der Waals surface area contributed by atoms with Crippen molar-refractivity contribution in [2.75, 3.05) is 31.6 Å². The fourth-order valence-corrected chi connectivity index (χ4v) is 4.58. The predicted octanol–water partition coefficient (Wildman–Crippen LogP) is 4.89. The van der Waals surface area contributed by atoms with Crippen molar-refractivity contribution in [3.05, 3.63) is 58.3 Å². The maximum Gasteiger partial charge on any atom is 0.237 e. The summed E-state index contributed by atoms with van der Waals surface area (Å²) in [5.41, 5.74) is 1.36. The van der Waals surface area contributed by atoms with Gasteiger partial charge < -0.3 is 10.1 Å². The molecule has 3 aromatic rings. The molecule has 2 aromatic carbocycles. The Morgan fingerprint density at radius 1 is 1.16 bits per heavy atom. The zero-order chi connectivity index (χ0) is 21.8. The summed E-state index contributed by atoms with van der Waals surface area (Å²) < 4.78 is 5.43. The van der Waals surface area contributed by atoms with E-state index in [1.165, 1.54) is 11.8 Å². The molecule has 0 saturated carbocycles. The lowest BCUT2D eigenvalue weighted by Crippen LogP contribution is -2.36. The molecular weight excluding hydrogens is 455 g/mol. The minimum absolute atomic E-state index is 0.174. The van der Waals surface area contributed by atoms with Crippen molar-refractivity contribution < 1.29 is 9.53 Å². The number of carbonyl (C=O) groups is 1. The number of benzene rings is 2. The standard InChI is InChI=1S/C22H22Cl2N4O2S/c1-14(21(29)26-18-8-4-6-16(23)20(18)24)31-22-15-5-2-3-7-17(15)25-19(27-22)13-28-9-11-30-12-10-28/h2-8,14H,9-13H2,1H3,(H,26,29). The number of morpholine rings is 1. The number of nitrogens with zero attached hydrogens (tertiary/aromatic N) is 3. The normalized spacial score (nSPS) is 15.7. The van der Waals surface area contributed by atoms with Gasteiger partial charge in [0.25, 0.3) is 0 Å². The van der Waals surface area contributed by atoms with Crippen molar-refractivity contribution >= 4 is 57.5 Å². The number of hydrogen-bond acceptors (Lipinski definition) is 6. The minimum Gasteiger partial charge on any atom is -0.379 e. The Morgan fingerprint density at radius 2 is 1.94 bits per heavy atom. The van der Waals surface area contributed by atoms with Gasteiger partial charge in [0.1, 0.15) is 10.9 Å². The first-order chi connectivity index (χ1) is 15.0. The van der Waals surface area contributed by atoms with Crippen molar-refractivity contribution in [2.45, 2.75) is 23.7 Å². The van der Waals surface area contributed by atoms with E-state index in [2.05, 4.69) is 10.2 Å². The smallest absolute Gasteiger partial charge is 0.237 e. The van der Waals surface area contributed by atoms with Crippen LogP contribution < -0.4 is 5.32 Å².